The Morgan fingerprint density at radius 3 is 2.81 bits per heavy atom. The molecule has 26 heavy (non-hydrogen) atoms. The number of nitrogens with one attached hydrogen (secondary N) is 1. The first-order valence-corrected chi connectivity index (χ1v) is 8.83. The van der Waals surface area contributed by atoms with Gasteiger partial charge in [-0.1, -0.05) is 6.42 Å². The highest BCUT2D eigenvalue weighted by molar-refractivity contribution is 5.75. The molecule has 0 unspecified atom stereocenters. The van der Waals surface area contributed by atoms with E-state index in [2.05, 4.69) is 25.2 Å². The summed E-state index contributed by atoms with van der Waals surface area (Å²) in [5.41, 5.74) is 0.654. The lowest BCUT2D eigenvalue weighted by Gasteiger charge is -2.08. The number of nitro groups is 1. The van der Waals surface area contributed by atoms with Crippen molar-refractivity contribution in [3.63, 3.8) is 0 Å². The second-order valence-corrected chi connectivity index (χ2v) is 6.53. The third-order valence-corrected chi connectivity index (χ3v) is 4.68. The lowest BCUT2D eigenvalue weighted by Crippen LogP contribution is -2.30. The van der Waals surface area contributed by atoms with Crippen LogP contribution in [0.25, 0.3) is 0 Å². The summed E-state index contributed by atoms with van der Waals surface area (Å²) in [7, 11) is 0. The molecular formula is C16H23N7O3. The largest absolute Gasteiger partial charge is 0.354 e. The highest BCUT2D eigenvalue weighted by atomic mass is 16.6. The number of aromatic nitrogens is 5. The summed E-state index contributed by atoms with van der Waals surface area (Å²) in [5.74, 6) is 1.68. The van der Waals surface area contributed by atoms with Gasteiger partial charge in [0, 0.05) is 25.9 Å². The molecule has 10 heteroatoms. The van der Waals surface area contributed by atoms with E-state index in [0.717, 1.165) is 37.5 Å². The minimum atomic E-state index is -0.469. The average Bonchev–Trinajstić information content (AvgIpc) is 2.98. The third-order valence-electron chi connectivity index (χ3n) is 4.68. The molecule has 0 aliphatic carbocycles. The zero-order valence-corrected chi connectivity index (χ0v) is 15.1. The highest BCUT2D eigenvalue weighted by Gasteiger charge is 2.22. The van der Waals surface area contributed by atoms with Crippen molar-refractivity contribution in [2.75, 3.05) is 6.54 Å². The topological polar surface area (TPSA) is 121 Å². The van der Waals surface area contributed by atoms with Crippen molar-refractivity contribution in [2.24, 2.45) is 0 Å². The molecule has 10 nitrogen and oxygen atoms in total. The van der Waals surface area contributed by atoms with Crippen LogP contribution in [-0.4, -0.2) is 41.9 Å². The molecule has 1 aliphatic rings. The van der Waals surface area contributed by atoms with Crippen LogP contribution in [0.3, 0.4) is 0 Å². The van der Waals surface area contributed by atoms with E-state index in [-0.39, 0.29) is 18.1 Å². The summed E-state index contributed by atoms with van der Waals surface area (Å²) < 4.78 is 3.52. The number of hydrogen-bond acceptors (Lipinski definition) is 6. The van der Waals surface area contributed by atoms with Gasteiger partial charge in [0.25, 0.3) is 0 Å². The second-order valence-electron chi connectivity index (χ2n) is 6.53. The Kier molecular flexibility index (Phi) is 5.29. The van der Waals surface area contributed by atoms with E-state index in [1.807, 2.05) is 0 Å². The summed E-state index contributed by atoms with van der Waals surface area (Å²) in [4.78, 5) is 22.7. The van der Waals surface area contributed by atoms with Gasteiger partial charge < -0.3 is 9.88 Å². The molecule has 0 fully saturated rings. The standard InChI is InChI=1S/C16H23N7O3/c1-11-16(23(25)26)12(2)22(20-11)10-15(24)17-8-7-14-19-18-13-6-4-3-5-9-21(13)14/h3-10H2,1-2H3,(H,17,24). The van der Waals surface area contributed by atoms with Crippen LogP contribution < -0.4 is 5.32 Å². The van der Waals surface area contributed by atoms with Crippen LogP contribution in [-0.2, 0) is 30.7 Å². The normalized spacial score (nSPS) is 13.9. The van der Waals surface area contributed by atoms with Crippen molar-refractivity contribution >= 4 is 11.6 Å². The van der Waals surface area contributed by atoms with Gasteiger partial charge in [-0.15, -0.1) is 10.2 Å². The van der Waals surface area contributed by atoms with E-state index < -0.39 is 4.92 Å². The Balaban J connectivity index is 1.55. The van der Waals surface area contributed by atoms with Crippen molar-refractivity contribution in [1.82, 2.24) is 29.9 Å². The van der Waals surface area contributed by atoms with Gasteiger partial charge in [-0.05, 0) is 26.7 Å². The molecule has 0 radical (unpaired) electrons. The maximum atomic E-state index is 12.1. The highest BCUT2D eigenvalue weighted by Crippen LogP contribution is 2.21. The van der Waals surface area contributed by atoms with E-state index in [1.165, 1.54) is 11.1 Å². The first kappa shape index (κ1) is 18.0. The average molecular weight is 361 g/mol. The molecule has 1 N–H and O–H groups in total. The van der Waals surface area contributed by atoms with E-state index in [4.69, 9.17) is 0 Å². The molecule has 1 amide bonds. The number of fused-ring (bicyclic) bond motifs is 1. The van der Waals surface area contributed by atoms with Crippen LogP contribution in [0.15, 0.2) is 0 Å². The molecular weight excluding hydrogens is 338 g/mol. The van der Waals surface area contributed by atoms with Gasteiger partial charge in [0.05, 0.1) is 4.92 Å². The Hall–Kier alpha value is -2.78. The maximum Gasteiger partial charge on any atom is 0.312 e. The molecule has 0 spiro atoms. The second kappa shape index (κ2) is 7.63. The summed E-state index contributed by atoms with van der Waals surface area (Å²) in [6.45, 7) is 4.49. The maximum absolute atomic E-state index is 12.1. The van der Waals surface area contributed by atoms with Crippen molar-refractivity contribution in [2.45, 2.75) is 59.0 Å². The molecule has 2 aromatic heterocycles. The lowest BCUT2D eigenvalue weighted by atomic mass is 10.2. The molecule has 3 heterocycles. The van der Waals surface area contributed by atoms with Gasteiger partial charge >= 0.3 is 5.69 Å². The molecule has 0 bridgehead atoms. The van der Waals surface area contributed by atoms with Crippen molar-refractivity contribution in [3.8, 4) is 0 Å². The van der Waals surface area contributed by atoms with Crippen LogP contribution in [0.4, 0.5) is 5.69 Å². The fourth-order valence-corrected chi connectivity index (χ4v) is 3.34. The molecule has 2 aromatic rings. The molecule has 3 rings (SSSR count). The number of carbonyl (C=O) groups excluding carboxylic acids is 1. The van der Waals surface area contributed by atoms with Crippen LogP contribution in [0.1, 0.15) is 42.3 Å². The summed E-state index contributed by atoms with van der Waals surface area (Å²) >= 11 is 0. The Labute approximate surface area is 150 Å². The van der Waals surface area contributed by atoms with E-state index >= 15 is 0 Å². The summed E-state index contributed by atoms with van der Waals surface area (Å²) in [6.07, 6.45) is 5.03. The lowest BCUT2D eigenvalue weighted by molar-refractivity contribution is -0.386. The Morgan fingerprint density at radius 2 is 2.08 bits per heavy atom. The molecule has 1 aliphatic heterocycles. The first-order chi connectivity index (χ1) is 12.5. The summed E-state index contributed by atoms with van der Waals surface area (Å²) in [6, 6.07) is 0. The fourth-order valence-electron chi connectivity index (χ4n) is 3.34. The number of amides is 1. The van der Waals surface area contributed by atoms with Crippen molar-refractivity contribution < 1.29 is 9.72 Å². The SMILES string of the molecule is Cc1nn(CC(=O)NCCc2nnc3n2CCCCC3)c(C)c1[N+](=O)[O-]. The van der Waals surface area contributed by atoms with E-state index in [9.17, 15) is 14.9 Å². The van der Waals surface area contributed by atoms with Crippen molar-refractivity contribution in [1.29, 1.82) is 0 Å². The van der Waals surface area contributed by atoms with Gasteiger partial charge in [0.1, 0.15) is 29.6 Å². The van der Waals surface area contributed by atoms with Crippen LogP contribution >= 0.6 is 0 Å². The Bertz CT molecular complexity index is 824. The van der Waals surface area contributed by atoms with Gasteiger partial charge in [-0.2, -0.15) is 5.10 Å². The summed E-state index contributed by atoms with van der Waals surface area (Å²) in [5, 5.41) is 26.4. The molecule has 140 valence electrons. The third kappa shape index (κ3) is 3.73. The molecule has 0 saturated heterocycles. The van der Waals surface area contributed by atoms with Gasteiger partial charge in [-0.3, -0.25) is 19.6 Å². The number of aryl methyl sites for hydroxylation is 2. The van der Waals surface area contributed by atoms with E-state index in [0.29, 0.717) is 24.4 Å². The van der Waals surface area contributed by atoms with Crippen LogP contribution in [0, 0.1) is 24.0 Å². The number of hydrogen-bond donors (Lipinski definition) is 1. The van der Waals surface area contributed by atoms with Gasteiger partial charge in [0.15, 0.2) is 0 Å². The van der Waals surface area contributed by atoms with Crippen molar-refractivity contribution in [3.05, 3.63) is 33.2 Å². The number of carbonyl (C=O) groups is 1. The predicted molar refractivity (Wildman–Crippen MR) is 92.6 cm³/mol. The fraction of sp³-hybridized carbons (Fsp3) is 0.625. The monoisotopic (exact) mass is 361 g/mol. The molecule has 0 atom stereocenters. The predicted octanol–water partition coefficient (Wildman–Crippen LogP) is 1.08. The van der Waals surface area contributed by atoms with Gasteiger partial charge in [-0.25, -0.2) is 0 Å². The van der Waals surface area contributed by atoms with E-state index in [1.54, 1.807) is 13.8 Å². The number of rotatable bonds is 6. The first-order valence-electron chi connectivity index (χ1n) is 8.83. The number of nitrogens with zero attached hydrogens (tertiary/aromatic N) is 6. The molecule has 0 aromatic carbocycles. The Morgan fingerprint density at radius 1 is 1.27 bits per heavy atom. The quantitative estimate of drug-likeness (QED) is 0.607. The zero-order valence-electron chi connectivity index (χ0n) is 15.1. The minimum Gasteiger partial charge on any atom is -0.354 e. The van der Waals surface area contributed by atoms with Crippen LogP contribution in [0.2, 0.25) is 0 Å². The van der Waals surface area contributed by atoms with Gasteiger partial charge in [0.2, 0.25) is 5.91 Å². The minimum absolute atomic E-state index is 0.0380. The van der Waals surface area contributed by atoms with Crippen LogP contribution in [0.5, 0.6) is 0 Å². The zero-order chi connectivity index (χ0) is 18.7. The smallest absolute Gasteiger partial charge is 0.312 e. The molecule has 0 saturated carbocycles.